The van der Waals surface area contributed by atoms with Crippen molar-refractivity contribution in [2.75, 3.05) is 13.2 Å². The van der Waals surface area contributed by atoms with E-state index in [1.165, 1.54) is 0 Å². The van der Waals surface area contributed by atoms with E-state index in [-0.39, 0.29) is 17.2 Å². The fourth-order valence-electron chi connectivity index (χ4n) is 2.08. The van der Waals surface area contributed by atoms with Crippen LogP contribution in [0.4, 0.5) is 4.79 Å². The Balaban J connectivity index is 2.72. The quantitative estimate of drug-likeness (QED) is 0.563. The van der Waals surface area contributed by atoms with Crippen LogP contribution in [-0.2, 0) is 9.16 Å². The molecule has 0 aliphatic carbocycles. The largest absolute Gasteiger partial charge is 0.444 e. The van der Waals surface area contributed by atoms with Gasteiger partial charge in [0.2, 0.25) is 0 Å². The molecule has 0 aromatic heterocycles. The summed E-state index contributed by atoms with van der Waals surface area (Å²) in [5, 5.41) is 0.166. The standard InChI is InChI=1S/C17H33NO3Si/c1-13-10-14(12-20-22(8,9)17(5,6)7)18(11-13)15(19)21-16(2,3)4/h14H,1,10-12H2,2-9H3/t14-/m1/s1. The third-order valence-electron chi connectivity index (χ3n) is 4.43. The molecule has 0 bridgehead atoms. The Kier molecular flexibility index (Phi) is 5.56. The molecule has 0 aromatic rings. The van der Waals surface area contributed by atoms with Crippen molar-refractivity contribution in [1.29, 1.82) is 0 Å². The molecule has 1 atom stereocenters. The maximum atomic E-state index is 12.4. The number of nitrogens with zero attached hydrogens (tertiary/aromatic N) is 1. The van der Waals surface area contributed by atoms with Gasteiger partial charge in [0.15, 0.2) is 8.32 Å². The van der Waals surface area contributed by atoms with Crippen LogP contribution in [0.3, 0.4) is 0 Å². The van der Waals surface area contributed by atoms with Crippen LogP contribution >= 0.6 is 0 Å². The number of ether oxygens (including phenoxy) is 1. The van der Waals surface area contributed by atoms with E-state index >= 15 is 0 Å². The number of hydrogen-bond acceptors (Lipinski definition) is 3. The van der Waals surface area contributed by atoms with Gasteiger partial charge in [0.05, 0.1) is 12.6 Å². The molecule has 1 fully saturated rings. The van der Waals surface area contributed by atoms with E-state index in [2.05, 4.69) is 40.4 Å². The van der Waals surface area contributed by atoms with Gasteiger partial charge in [0.25, 0.3) is 0 Å². The lowest BCUT2D eigenvalue weighted by Crippen LogP contribution is -2.46. The molecule has 0 unspecified atom stereocenters. The van der Waals surface area contributed by atoms with E-state index < -0.39 is 13.9 Å². The monoisotopic (exact) mass is 327 g/mol. The highest BCUT2D eigenvalue weighted by atomic mass is 28.4. The third kappa shape index (κ3) is 5.13. The maximum Gasteiger partial charge on any atom is 0.410 e. The van der Waals surface area contributed by atoms with Crippen molar-refractivity contribution in [2.45, 2.75) is 77.7 Å². The van der Waals surface area contributed by atoms with E-state index in [9.17, 15) is 4.79 Å². The molecule has 0 N–H and O–H groups in total. The van der Waals surface area contributed by atoms with Crippen LogP contribution in [0.1, 0.15) is 48.0 Å². The minimum atomic E-state index is -1.81. The Labute approximate surface area is 137 Å². The van der Waals surface area contributed by atoms with Gasteiger partial charge in [0, 0.05) is 6.54 Å². The van der Waals surface area contributed by atoms with E-state index in [0.717, 1.165) is 12.0 Å². The van der Waals surface area contributed by atoms with Gasteiger partial charge in [-0.1, -0.05) is 32.9 Å². The molecule has 0 radical (unpaired) electrons. The van der Waals surface area contributed by atoms with Crippen molar-refractivity contribution >= 4 is 14.4 Å². The predicted molar refractivity (Wildman–Crippen MR) is 93.6 cm³/mol. The van der Waals surface area contributed by atoms with Crippen LogP contribution in [0.2, 0.25) is 18.1 Å². The van der Waals surface area contributed by atoms with Crippen molar-refractivity contribution in [1.82, 2.24) is 4.90 Å². The summed E-state index contributed by atoms with van der Waals surface area (Å²) >= 11 is 0. The number of hydrogen-bond donors (Lipinski definition) is 0. The molecule has 1 aliphatic rings. The van der Waals surface area contributed by atoms with E-state index in [0.29, 0.717) is 13.2 Å². The van der Waals surface area contributed by atoms with Crippen molar-refractivity contribution < 1.29 is 14.0 Å². The molecule has 22 heavy (non-hydrogen) atoms. The summed E-state index contributed by atoms with van der Waals surface area (Å²) in [4.78, 5) is 14.1. The van der Waals surface area contributed by atoms with Crippen LogP contribution in [0.25, 0.3) is 0 Å². The molecule has 1 heterocycles. The zero-order valence-corrected chi connectivity index (χ0v) is 16.6. The normalized spacial score (nSPS) is 20.5. The second-order valence-corrected chi connectivity index (χ2v) is 13.6. The molecular formula is C17H33NO3Si. The summed E-state index contributed by atoms with van der Waals surface area (Å²) < 4.78 is 11.8. The highest BCUT2D eigenvalue weighted by Gasteiger charge is 2.40. The van der Waals surface area contributed by atoms with Gasteiger partial charge < -0.3 is 9.16 Å². The van der Waals surface area contributed by atoms with Gasteiger partial charge in [-0.2, -0.15) is 0 Å². The first kappa shape index (κ1) is 19.2. The molecule has 1 amide bonds. The second-order valence-electron chi connectivity index (χ2n) is 8.79. The zero-order chi connectivity index (χ0) is 17.3. The van der Waals surface area contributed by atoms with Gasteiger partial charge in [0.1, 0.15) is 5.60 Å². The van der Waals surface area contributed by atoms with Crippen LogP contribution < -0.4 is 0 Å². The number of rotatable bonds is 3. The Hall–Kier alpha value is -0.813. The second kappa shape index (κ2) is 6.36. The average Bonchev–Trinajstić information content (AvgIpc) is 2.64. The van der Waals surface area contributed by atoms with Gasteiger partial charge in [-0.3, -0.25) is 4.90 Å². The molecule has 4 nitrogen and oxygen atoms in total. The number of carbonyl (C=O) groups is 1. The first-order valence-electron chi connectivity index (χ1n) is 8.03. The van der Waals surface area contributed by atoms with Crippen molar-refractivity contribution in [3.05, 3.63) is 12.2 Å². The molecule has 0 spiro atoms. The summed E-state index contributed by atoms with van der Waals surface area (Å²) in [6.07, 6.45) is 0.531. The number of carbonyl (C=O) groups excluding carboxylic acids is 1. The summed E-state index contributed by atoms with van der Waals surface area (Å²) in [6, 6.07) is 0.0384. The van der Waals surface area contributed by atoms with E-state index in [1.807, 2.05) is 20.8 Å². The minimum absolute atomic E-state index is 0.0384. The SMILES string of the molecule is C=C1C[C@H](CO[Si](C)(C)C(C)(C)C)N(C(=O)OC(C)(C)C)C1. The van der Waals surface area contributed by atoms with E-state index in [1.54, 1.807) is 4.90 Å². The van der Waals surface area contributed by atoms with Gasteiger partial charge in [-0.15, -0.1) is 0 Å². The molecule has 5 heteroatoms. The van der Waals surface area contributed by atoms with Crippen molar-refractivity contribution in [3.63, 3.8) is 0 Å². The van der Waals surface area contributed by atoms with Gasteiger partial charge in [-0.25, -0.2) is 4.79 Å². The van der Waals surface area contributed by atoms with Crippen LogP contribution in [0.15, 0.2) is 12.2 Å². The average molecular weight is 328 g/mol. The molecule has 1 saturated heterocycles. The fourth-order valence-corrected chi connectivity index (χ4v) is 3.12. The summed E-state index contributed by atoms with van der Waals surface area (Å²) in [7, 11) is -1.81. The molecule has 1 rings (SSSR count). The highest BCUT2D eigenvalue weighted by Crippen LogP contribution is 2.37. The first-order chi connectivity index (χ1) is 9.73. The van der Waals surface area contributed by atoms with Crippen LogP contribution in [0.5, 0.6) is 0 Å². The molecule has 128 valence electrons. The molecule has 0 aromatic carbocycles. The van der Waals surface area contributed by atoms with Gasteiger partial charge >= 0.3 is 6.09 Å². The number of amides is 1. The topological polar surface area (TPSA) is 38.8 Å². The highest BCUT2D eigenvalue weighted by molar-refractivity contribution is 6.74. The first-order valence-corrected chi connectivity index (χ1v) is 10.9. The lowest BCUT2D eigenvalue weighted by Gasteiger charge is -2.38. The smallest absolute Gasteiger partial charge is 0.410 e. The molecular weight excluding hydrogens is 294 g/mol. The summed E-state index contributed by atoms with van der Waals surface area (Å²) in [5.74, 6) is 0. The Morgan fingerprint density at radius 3 is 2.27 bits per heavy atom. The minimum Gasteiger partial charge on any atom is -0.444 e. The third-order valence-corrected chi connectivity index (χ3v) is 8.93. The van der Waals surface area contributed by atoms with E-state index in [4.69, 9.17) is 9.16 Å². The lowest BCUT2D eigenvalue weighted by molar-refractivity contribution is 0.0184. The van der Waals surface area contributed by atoms with Crippen LogP contribution in [-0.4, -0.2) is 44.1 Å². The number of likely N-dealkylation sites (tertiary alicyclic amines) is 1. The fraction of sp³-hybridized carbons (Fsp3) is 0.824. The van der Waals surface area contributed by atoms with Crippen LogP contribution in [0, 0.1) is 0 Å². The summed E-state index contributed by atoms with van der Waals surface area (Å²) in [5.41, 5.74) is 0.584. The Bertz CT molecular complexity index is 432. The maximum absolute atomic E-state index is 12.4. The summed E-state index contributed by atoms with van der Waals surface area (Å²) in [6.45, 7) is 21.9. The lowest BCUT2D eigenvalue weighted by atomic mass is 10.2. The van der Waals surface area contributed by atoms with Gasteiger partial charge in [-0.05, 0) is 45.3 Å². The molecule has 0 saturated carbocycles. The van der Waals surface area contributed by atoms with Crippen molar-refractivity contribution in [3.8, 4) is 0 Å². The Morgan fingerprint density at radius 2 is 1.82 bits per heavy atom. The zero-order valence-electron chi connectivity index (χ0n) is 15.6. The Morgan fingerprint density at radius 1 is 1.27 bits per heavy atom. The van der Waals surface area contributed by atoms with Crippen molar-refractivity contribution in [2.24, 2.45) is 0 Å². The molecule has 1 aliphatic heterocycles. The predicted octanol–water partition coefficient (Wildman–Crippen LogP) is 4.57.